The number of aromatic nitrogens is 2. The van der Waals surface area contributed by atoms with Gasteiger partial charge in [0.1, 0.15) is 0 Å². The van der Waals surface area contributed by atoms with Gasteiger partial charge in [-0.3, -0.25) is 14.7 Å². The fourth-order valence-corrected chi connectivity index (χ4v) is 2.50. The van der Waals surface area contributed by atoms with Gasteiger partial charge in [0, 0.05) is 26.2 Å². The number of alkyl halides is 3. The summed E-state index contributed by atoms with van der Waals surface area (Å²) in [6.45, 7) is 0.691. The second-order valence-corrected chi connectivity index (χ2v) is 5.22. The molecule has 2 aromatic heterocycles. The molecule has 3 heterocycles. The third-order valence-electron chi connectivity index (χ3n) is 3.74. The zero-order valence-corrected chi connectivity index (χ0v) is 12.3. The highest BCUT2D eigenvalue weighted by Gasteiger charge is 2.39. The number of furan rings is 1. The molecule has 7 nitrogen and oxygen atoms in total. The van der Waals surface area contributed by atoms with Crippen LogP contribution >= 0.6 is 0 Å². The fraction of sp³-hybridized carbons (Fsp3) is 0.357. The van der Waals surface area contributed by atoms with Gasteiger partial charge in [0.2, 0.25) is 0 Å². The highest BCUT2D eigenvalue weighted by atomic mass is 19.4. The number of H-pyrrole nitrogens is 1. The molecule has 1 fully saturated rings. The van der Waals surface area contributed by atoms with Crippen molar-refractivity contribution >= 4 is 11.8 Å². The Bertz CT molecular complexity index is 731. The van der Waals surface area contributed by atoms with E-state index < -0.39 is 23.3 Å². The minimum absolute atomic E-state index is 0.133. The molecule has 1 aliphatic heterocycles. The van der Waals surface area contributed by atoms with Crippen molar-refractivity contribution in [3.05, 3.63) is 41.6 Å². The summed E-state index contributed by atoms with van der Waals surface area (Å²) in [7, 11) is 0. The Kier molecular flexibility index (Phi) is 4.04. The smallest absolute Gasteiger partial charge is 0.433 e. The fourth-order valence-electron chi connectivity index (χ4n) is 2.50. The van der Waals surface area contributed by atoms with Crippen LogP contribution in [0.15, 0.2) is 29.0 Å². The molecule has 0 aliphatic carbocycles. The molecule has 2 amide bonds. The zero-order chi connectivity index (χ0) is 17.3. The lowest BCUT2D eigenvalue weighted by Crippen LogP contribution is -2.50. The monoisotopic (exact) mass is 342 g/mol. The van der Waals surface area contributed by atoms with Crippen LogP contribution in [0.25, 0.3) is 0 Å². The summed E-state index contributed by atoms with van der Waals surface area (Å²) < 4.78 is 43.5. The number of aromatic amines is 1. The van der Waals surface area contributed by atoms with Crippen molar-refractivity contribution in [2.24, 2.45) is 0 Å². The molecule has 2 aromatic rings. The second kappa shape index (κ2) is 6.02. The number of nitrogens with one attached hydrogen (secondary N) is 1. The number of nitrogens with zero attached hydrogens (tertiary/aromatic N) is 3. The Hall–Kier alpha value is -2.78. The Labute approximate surface area is 134 Å². The van der Waals surface area contributed by atoms with Crippen molar-refractivity contribution in [2.75, 3.05) is 26.2 Å². The number of halogens is 3. The third-order valence-corrected chi connectivity index (χ3v) is 3.74. The first kappa shape index (κ1) is 16.1. The van der Waals surface area contributed by atoms with Crippen LogP contribution in [0.5, 0.6) is 0 Å². The van der Waals surface area contributed by atoms with Gasteiger partial charge >= 0.3 is 6.18 Å². The molecule has 1 N–H and O–H groups in total. The molecule has 1 aliphatic rings. The molecule has 0 saturated carbocycles. The summed E-state index contributed by atoms with van der Waals surface area (Å²) in [6.07, 6.45) is -2.44. The molecule has 3 rings (SSSR count). The predicted molar refractivity (Wildman–Crippen MR) is 74.1 cm³/mol. The third kappa shape index (κ3) is 2.99. The summed E-state index contributed by atoms with van der Waals surface area (Å²) >= 11 is 0. The molecule has 24 heavy (non-hydrogen) atoms. The highest BCUT2D eigenvalue weighted by molar-refractivity contribution is 5.96. The average Bonchev–Trinajstić information content (AvgIpc) is 3.24. The van der Waals surface area contributed by atoms with Crippen molar-refractivity contribution in [2.45, 2.75) is 6.18 Å². The van der Waals surface area contributed by atoms with Crippen molar-refractivity contribution in [3.8, 4) is 0 Å². The van der Waals surface area contributed by atoms with Gasteiger partial charge in [0.25, 0.3) is 11.8 Å². The first-order valence-electron chi connectivity index (χ1n) is 7.10. The van der Waals surface area contributed by atoms with E-state index in [1.54, 1.807) is 6.07 Å². The van der Waals surface area contributed by atoms with Gasteiger partial charge in [-0.25, -0.2) is 0 Å². The largest absolute Gasteiger partial charge is 0.459 e. The number of hydrogen-bond acceptors (Lipinski definition) is 4. The normalized spacial score (nSPS) is 15.6. The summed E-state index contributed by atoms with van der Waals surface area (Å²) in [5, 5.41) is 5.12. The molecule has 0 unspecified atom stereocenters. The molecule has 0 radical (unpaired) electrons. The van der Waals surface area contributed by atoms with E-state index in [1.165, 1.54) is 22.1 Å². The lowest BCUT2D eigenvalue weighted by molar-refractivity contribution is -0.141. The lowest BCUT2D eigenvalue weighted by atomic mass is 10.2. The summed E-state index contributed by atoms with van der Waals surface area (Å²) in [5.74, 6) is -0.892. The van der Waals surface area contributed by atoms with Crippen LogP contribution in [0.1, 0.15) is 26.6 Å². The molecular formula is C14H13F3N4O3. The van der Waals surface area contributed by atoms with Crippen LogP contribution in [0.4, 0.5) is 13.2 Å². The maximum absolute atomic E-state index is 12.8. The molecule has 0 spiro atoms. The standard InChI is InChI=1S/C14H13F3N4O3/c15-14(16,17)11-9(8-18-19-11)12(22)20-3-5-21(6-4-20)13(23)10-2-1-7-24-10/h1-2,7-8H,3-6H2,(H,18,19). The molecule has 128 valence electrons. The maximum atomic E-state index is 12.8. The van der Waals surface area contributed by atoms with Gasteiger partial charge in [-0.05, 0) is 12.1 Å². The number of piperazine rings is 1. The van der Waals surface area contributed by atoms with Gasteiger partial charge in [-0.15, -0.1) is 0 Å². The summed E-state index contributed by atoms with van der Waals surface area (Å²) in [5.41, 5.74) is -1.69. The van der Waals surface area contributed by atoms with E-state index in [1.807, 2.05) is 5.10 Å². The van der Waals surface area contributed by atoms with Gasteiger partial charge < -0.3 is 14.2 Å². The van der Waals surface area contributed by atoms with E-state index in [2.05, 4.69) is 5.10 Å². The van der Waals surface area contributed by atoms with E-state index in [-0.39, 0.29) is 37.8 Å². The molecular weight excluding hydrogens is 329 g/mol. The van der Waals surface area contributed by atoms with Gasteiger partial charge in [-0.2, -0.15) is 18.3 Å². The van der Waals surface area contributed by atoms with Crippen molar-refractivity contribution < 1.29 is 27.2 Å². The Morgan fingerprint density at radius 2 is 1.75 bits per heavy atom. The first-order valence-corrected chi connectivity index (χ1v) is 7.10. The topological polar surface area (TPSA) is 82.4 Å². The van der Waals surface area contributed by atoms with Crippen molar-refractivity contribution in [1.29, 1.82) is 0 Å². The molecule has 1 saturated heterocycles. The molecule has 0 aromatic carbocycles. The van der Waals surface area contributed by atoms with Crippen molar-refractivity contribution in [1.82, 2.24) is 20.0 Å². The van der Waals surface area contributed by atoms with E-state index in [0.29, 0.717) is 0 Å². The highest BCUT2D eigenvalue weighted by Crippen LogP contribution is 2.30. The Morgan fingerprint density at radius 3 is 2.29 bits per heavy atom. The van der Waals surface area contributed by atoms with Crippen LogP contribution in [-0.4, -0.2) is 58.0 Å². The van der Waals surface area contributed by atoms with Crippen LogP contribution in [-0.2, 0) is 6.18 Å². The molecule has 10 heteroatoms. The second-order valence-electron chi connectivity index (χ2n) is 5.22. The number of amides is 2. The Morgan fingerprint density at radius 1 is 1.12 bits per heavy atom. The maximum Gasteiger partial charge on any atom is 0.433 e. The van der Waals surface area contributed by atoms with Gasteiger partial charge in [0.05, 0.1) is 18.0 Å². The zero-order valence-electron chi connectivity index (χ0n) is 12.3. The van der Waals surface area contributed by atoms with E-state index >= 15 is 0 Å². The van der Waals surface area contributed by atoms with E-state index in [4.69, 9.17) is 4.42 Å². The lowest BCUT2D eigenvalue weighted by Gasteiger charge is -2.34. The number of carbonyl (C=O) groups is 2. The van der Waals surface area contributed by atoms with E-state index in [9.17, 15) is 22.8 Å². The van der Waals surface area contributed by atoms with Crippen LogP contribution in [0, 0.1) is 0 Å². The van der Waals surface area contributed by atoms with Crippen LogP contribution in [0.2, 0.25) is 0 Å². The van der Waals surface area contributed by atoms with Crippen LogP contribution < -0.4 is 0 Å². The quantitative estimate of drug-likeness (QED) is 0.899. The minimum atomic E-state index is -4.68. The Balaban J connectivity index is 1.66. The van der Waals surface area contributed by atoms with Crippen molar-refractivity contribution in [3.63, 3.8) is 0 Å². The minimum Gasteiger partial charge on any atom is -0.459 e. The SMILES string of the molecule is O=C(c1ccco1)N1CCN(C(=O)c2cn[nH]c2C(F)(F)F)CC1. The number of rotatable bonds is 2. The summed E-state index contributed by atoms with van der Waals surface area (Å²) in [6, 6.07) is 3.12. The van der Waals surface area contributed by atoms with Gasteiger partial charge in [-0.1, -0.05) is 0 Å². The number of carbonyl (C=O) groups excluding carboxylic acids is 2. The molecule has 0 bridgehead atoms. The van der Waals surface area contributed by atoms with E-state index in [0.717, 1.165) is 6.20 Å². The predicted octanol–water partition coefficient (Wildman–Crippen LogP) is 1.62. The summed E-state index contributed by atoms with van der Waals surface area (Å²) in [4.78, 5) is 27.2. The average molecular weight is 342 g/mol. The number of hydrogen-bond donors (Lipinski definition) is 1. The first-order chi connectivity index (χ1) is 11.4. The van der Waals surface area contributed by atoms with Gasteiger partial charge in [0.15, 0.2) is 11.5 Å². The molecule has 0 atom stereocenters. The van der Waals surface area contributed by atoms with Crippen LogP contribution in [0.3, 0.4) is 0 Å².